The molecule has 0 amide bonds. The van der Waals surface area contributed by atoms with Gasteiger partial charge in [-0.1, -0.05) is 6.92 Å². The van der Waals surface area contributed by atoms with Crippen molar-refractivity contribution in [1.82, 2.24) is 4.90 Å². The van der Waals surface area contributed by atoms with Crippen molar-refractivity contribution in [3.63, 3.8) is 0 Å². The van der Waals surface area contributed by atoms with E-state index in [0.717, 1.165) is 19.3 Å². The summed E-state index contributed by atoms with van der Waals surface area (Å²) in [6, 6.07) is 0.993. The van der Waals surface area contributed by atoms with Crippen molar-refractivity contribution in [2.24, 2.45) is 11.7 Å². The topological polar surface area (TPSA) is 66.6 Å². The van der Waals surface area contributed by atoms with Gasteiger partial charge in [-0.2, -0.15) is 0 Å². The first-order chi connectivity index (χ1) is 7.99. The van der Waals surface area contributed by atoms with Crippen LogP contribution in [-0.4, -0.2) is 40.1 Å². The Balaban J connectivity index is 2.09. The highest BCUT2D eigenvalue weighted by Crippen LogP contribution is 2.40. The highest BCUT2D eigenvalue weighted by molar-refractivity contribution is 5.80. The Morgan fingerprint density at radius 1 is 1.41 bits per heavy atom. The van der Waals surface area contributed by atoms with Gasteiger partial charge < -0.3 is 10.8 Å². The lowest BCUT2D eigenvalue weighted by Crippen LogP contribution is -2.59. The Hall–Kier alpha value is -0.610. The Morgan fingerprint density at radius 2 is 2.06 bits per heavy atom. The van der Waals surface area contributed by atoms with Crippen molar-refractivity contribution in [2.75, 3.05) is 6.54 Å². The quantitative estimate of drug-likeness (QED) is 0.763. The number of hydrogen-bond donors (Lipinski definition) is 2. The van der Waals surface area contributed by atoms with Gasteiger partial charge in [-0.3, -0.25) is 9.69 Å². The fourth-order valence-corrected chi connectivity index (χ4v) is 3.12. The summed E-state index contributed by atoms with van der Waals surface area (Å²) in [4.78, 5) is 13.8. The summed E-state index contributed by atoms with van der Waals surface area (Å²) in [5.41, 5.74) is 5.14. The second-order valence-electron chi connectivity index (χ2n) is 5.78. The third kappa shape index (κ3) is 2.33. The summed E-state index contributed by atoms with van der Waals surface area (Å²) >= 11 is 0. The van der Waals surface area contributed by atoms with Gasteiger partial charge in [0.1, 0.15) is 5.54 Å². The minimum Gasteiger partial charge on any atom is -0.480 e. The molecule has 1 aliphatic carbocycles. The maximum absolute atomic E-state index is 11.4. The van der Waals surface area contributed by atoms with Gasteiger partial charge in [0.15, 0.2) is 0 Å². The standard InChI is InChI=1S/C13H24N2O2/c1-3-11-7-4-9(2)15(11)8-13(14,12(16)17)10-5-6-10/h9-11H,3-8,14H2,1-2H3,(H,16,17). The monoisotopic (exact) mass is 240 g/mol. The lowest BCUT2D eigenvalue weighted by atomic mass is 9.93. The van der Waals surface area contributed by atoms with E-state index in [4.69, 9.17) is 5.73 Å². The Kier molecular flexibility index (Phi) is 3.46. The first-order valence-electron chi connectivity index (χ1n) is 6.77. The average molecular weight is 240 g/mol. The SMILES string of the molecule is CCC1CCC(C)N1CC(N)(C(=O)O)C1CC1. The molecule has 4 heteroatoms. The molecular formula is C13H24N2O2. The molecule has 17 heavy (non-hydrogen) atoms. The number of carboxylic acids is 1. The highest BCUT2D eigenvalue weighted by atomic mass is 16.4. The number of carboxylic acid groups (broad SMARTS) is 1. The van der Waals surface area contributed by atoms with Gasteiger partial charge >= 0.3 is 5.97 Å². The molecule has 3 atom stereocenters. The molecule has 3 N–H and O–H groups in total. The highest BCUT2D eigenvalue weighted by Gasteiger charge is 2.50. The summed E-state index contributed by atoms with van der Waals surface area (Å²) in [7, 11) is 0. The molecule has 1 saturated heterocycles. The number of carbonyl (C=O) groups is 1. The van der Waals surface area contributed by atoms with Crippen molar-refractivity contribution in [1.29, 1.82) is 0 Å². The molecule has 0 aromatic carbocycles. The number of rotatable bonds is 5. The molecule has 0 aromatic rings. The van der Waals surface area contributed by atoms with Crippen LogP contribution in [0.5, 0.6) is 0 Å². The van der Waals surface area contributed by atoms with Gasteiger partial charge in [0.2, 0.25) is 0 Å². The van der Waals surface area contributed by atoms with Gasteiger partial charge in [0.05, 0.1) is 0 Å². The molecule has 2 rings (SSSR count). The maximum atomic E-state index is 11.4. The molecule has 2 aliphatic rings. The predicted molar refractivity (Wildman–Crippen MR) is 66.8 cm³/mol. The third-order valence-electron chi connectivity index (χ3n) is 4.57. The van der Waals surface area contributed by atoms with E-state index in [0.29, 0.717) is 18.6 Å². The molecule has 4 nitrogen and oxygen atoms in total. The Morgan fingerprint density at radius 3 is 2.53 bits per heavy atom. The zero-order valence-electron chi connectivity index (χ0n) is 10.9. The fraction of sp³-hybridized carbons (Fsp3) is 0.923. The molecule has 1 heterocycles. The van der Waals surface area contributed by atoms with Crippen LogP contribution in [0.1, 0.15) is 46.0 Å². The van der Waals surface area contributed by atoms with Crippen LogP contribution in [0, 0.1) is 5.92 Å². The minimum absolute atomic E-state index is 0.185. The van der Waals surface area contributed by atoms with E-state index in [1.54, 1.807) is 0 Å². The molecule has 0 spiro atoms. The van der Waals surface area contributed by atoms with Crippen LogP contribution in [0.3, 0.4) is 0 Å². The first kappa shape index (κ1) is 12.8. The van der Waals surface area contributed by atoms with Gasteiger partial charge in [-0.25, -0.2) is 0 Å². The molecule has 1 saturated carbocycles. The van der Waals surface area contributed by atoms with Crippen LogP contribution < -0.4 is 5.73 Å². The molecule has 0 bridgehead atoms. The number of aliphatic carboxylic acids is 1. The number of likely N-dealkylation sites (tertiary alicyclic amines) is 1. The summed E-state index contributed by atoms with van der Waals surface area (Å²) in [6.07, 6.45) is 5.38. The second kappa shape index (κ2) is 4.58. The van der Waals surface area contributed by atoms with Crippen molar-refractivity contribution < 1.29 is 9.90 Å². The average Bonchev–Trinajstić information content (AvgIpc) is 3.07. The van der Waals surface area contributed by atoms with Gasteiger partial charge in [-0.05, 0) is 44.9 Å². The summed E-state index contributed by atoms with van der Waals surface area (Å²) in [5, 5.41) is 9.40. The molecular weight excluding hydrogens is 216 g/mol. The second-order valence-corrected chi connectivity index (χ2v) is 5.78. The summed E-state index contributed by atoms with van der Waals surface area (Å²) < 4.78 is 0. The first-order valence-corrected chi connectivity index (χ1v) is 6.77. The predicted octanol–water partition coefficient (Wildman–Crippen LogP) is 1.44. The largest absolute Gasteiger partial charge is 0.480 e. The minimum atomic E-state index is -1.02. The van der Waals surface area contributed by atoms with Crippen molar-refractivity contribution in [3.05, 3.63) is 0 Å². The van der Waals surface area contributed by atoms with Crippen LogP contribution >= 0.6 is 0 Å². The van der Waals surface area contributed by atoms with Crippen molar-refractivity contribution in [3.8, 4) is 0 Å². The van der Waals surface area contributed by atoms with Crippen LogP contribution in [0.15, 0.2) is 0 Å². The van der Waals surface area contributed by atoms with E-state index in [1.165, 1.54) is 12.8 Å². The van der Waals surface area contributed by atoms with Crippen molar-refractivity contribution >= 4 is 5.97 Å². The normalized spacial score (nSPS) is 33.6. The Bertz CT molecular complexity index is 304. The number of hydrogen-bond acceptors (Lipinski definition) is 3. The van der Waals surface area contributed by atoms with E-state index >= 15 is 0 Å². The number of nitrogens with zero attached hydrogens (tertiary/aromatic N) is 1. The van der Waals surface area contributed by atoms with E-state index in [2.05, 4.69) is 18.7 Å². The smallest absolute Gasteiger partial charge is 0.325 e. The van der Waals surface area contributed by atoms with Gasteiger partial charge in [0, 0.05) is 18.6 Å². The summed E-state index contributed by atoms with van der Waals surface area (Å²) in [5.74, 6) is -0.640. The van der Waals surface area contributed by atoms with Gasteiger partial charge in [-0.15, -0.1) is 0 Å². The Labute approximate surface area is 103 Å². The van der Waals surface area contributed by atoms with E-state index in [9.17, 15) is 9.90 Å². The molecule has 0 radical (unpaired) electrons. The van der Waals surface area contributed by atoms with Crippen molar-refractivity contribution in [2.45, 2.75) is 63.6 Å². The molecule has 3 unspecified atom stereocenters. The van der Waals surface area contributed by atoms with Crippen LogP contribution in [0.4, 0.5) is 0 Å². The molecule has 1 aliphatic heterocycles. The number of nitrogens with two attached hydrogens (primary N) is 1. The lowest BCUT2D eigenvalue weighted by Gasteiger charge is -2.35. The van der Waals surface area contributed by atoms with E-state index < -0.39 is 11.5 Å². The fourth-order valence-electron chi connectivity index (χ4n) is 3.12. The van der Waals surface area contributed by atoms with Crippen LogP contribution in [0.2, 0.25) is 0 Å². The molecule has 98 valence electrons. The van der Waals surface area contributed by atoms with Gasteiger partial charge in [0.25, 0.3) is 0 Å². The van der Waals surface area contributed by atoms with E-state index in [1.807, 2.05) is 0 Å². The lowest BCUT2D eigenvalue weighted by molar-refractivity contribution is -0.145. The molecule has 0 aromatic heterocycles. The zero-order chi connectivity index (χ0) is 12.6. The molecule has 2 fully saturated rings. The van der Waals surface area contributed by atoms with Crippen LogP contribution in [0.25, 0.3) is 0 Å². The summed E-state index contributed by atoms with van der Waals surface area (Å²) in [6.45, 7) is 4.88. The maximum Gasteiger partial charge on any atom is 0.325 e. The van der Waals surface area contributed by atoms with E-state index in [-0.39, 0.29) is 5.92 Å². The zero-order valence-corrected chi connectivity index (χ0v) is 10.9. The van der Waals surface area contributed by atoms with Crippen LogP contribution in [-0.2, 0) is 4.79 Å². The third-order valence-corrected chi connectivity index (χ3v) is 4.57.